The predicted octanol–water partition coefficient (Wildman–Crippen LogP) is 3.23. The highest BCUT2D eigenvalue weighted by atomic mass is 19.1. The molecule has 1 atom stereocenters. The van der Waals surface area contributed by atoms with E-state index in [4.69, 9.17) is 4.74 Å². The Morgan fingerprint density at radius 3 is 2.62 bits per heavy atom. The summed E-state index contributed by atoms with van der Waals surface area (Å²) in [4.78, 5) is 1.91. The Morgan fingerprint density at radius 1 is 1.19 bits per heavy atom. The minimum Gasteiger partial charge on any atom is -0.497 e. The third kappa shape index (κ3) is 3.73. The minimum atomic E-state index is -0.208. The van der Waals surface area contributed by atoms with Crippen LogP contribution < -0.4 is 15.0 Å². The zero-order valence-corrected chi connectivity index (χ0v) is 12.6. The maximum Gasteiger partial charge on any atom is 0.146 e. The predicted molar refractivity (Wildman–Crippen MR) is 84.5 cm³/mol. The van der Waals surface area contributed by atoms with E-state index in [1.54, 1.807) is 19.2 Å². The van der Waals surface area contributed by atoms with Gasteiger partial charge in [-0.25, -0.2) is 4.39 Å². The molecule has 21 heavy (non-hydrogen) atoms. The maximum atomic E-state index is 13.8. The molecular weight excluding hydrogens is 267 g/mol. The van der Waals surface area contributed by atoms with Crippen LogP contribution in [0.1, 0.15) is 11.6 Å². The van der Waals surface area contributed by atoms with Crippen LogP contribution in [0.5, 0.6) is 5.75 Å². The van der Waals surface area contributed by atoms with Crippen LogP contribution in [-0.2, 0) is 0 Å². The molecule has 2 rings (SSSR count). The van der Waals surface area contributed by atoms with Gasteiger partial charge in [0.05, 0.1) is 12.8 Å². The van der Waals surface area contributed by atoms with Crippen molar-refractivity contribution in [3.05, 3.63) is 59.9 Å². The van der Waals surface area contributed by atoms with E-state index in [0.717, 1.165) is 11.3 Å². The molecule has 0 fully saturated rings. The van der Waals surface area contributed by atoms with Gasteiger partial charge in [-0.05, 0) is 36.9 Å². The largest absolute Gasteiger partial charge is 0.497 e. The number of methoxy groups -OCH3 is 1. The average Bonchev–Trinajstić information content (AvgIpc) is 2.52. The Morgan fingerprint density at radius 2 is 1.95 bits per heavy atom. The van der Waals surface area contributed by atoms with Crippen molar-refractivity contribution < 1.29 is 9.13 Å². The van der Waals surface area contributed by atoms with E-state index in [-0.39, 0.29) is 11.9 Å². The summed E-state index contributed by atoms with van der Waals surface area (Å²) in [7, 11) is 5.45. The minimum absolute atomic E-state index is 0.0877. The number of hydrogen-bond acceptors (Lipinski definition) is 3. The van der Waals surface area contributed by atoms with Crippen molar-refractivity contribution in [2.45, 2.75) is 6.04 Å². The second-order valence-electron chi connectivity index (χ2n) is 4.95. The summed E-state index contributed by atoms with van der Waals surface area (Å²) in [5.74, 6) is 0.613. The molecule has 0 spiro atoms. The van der Waals surface area contributed by atoms with Gasteiger partial charge in [0.25, 0.3) is 0 Å². The van der Waals surface area contributed by atoms with E-state index in [9.17, 15) is 4.39 Å². The fourth-order valence-corrected chi connectivity index (χ4v) is 2.36. The van der Waals surface area contributed by atoms with E-state index in [0.29, 0.717) is 12.2 Å². The lowest BCUT2D eigenvalue weighted by Crippen LogP contribution is -2.31. The lowest BCUT2D eigenvalue weighted by molar-refractivity contribution is 0.413. The molecule has 2 aromatic carbocycles. The number of nitrogens with zero attached hydrogens (tertiary/aromatic N) is 1. The van der Waals surface area contributed by atoms with Gasteiger partial charge in [0.2, 0.25) is 0 Å². The Bertz CT molecular complexity index is 589. The second kappa shape index (κ2) is 7.09. The first kappa shape index (κ1) is 15.3. The summed E-state index contributed by atoms with van der Waals surface area (Å²) in [6, 6.07) is 14.8. The molecule has 112 valence electrons. The summed E-state index contributed by atoms with van der Waals surface area (Å²) >= 11 is 0. The number of para-hydroxylation sites is 1. The van der Waals surface area contributed by atoms with Gasteiger partial charge in [0.1, 0.15) is 11.6 Å². The first-order chi connectivity index (χ1) is 10.2. The van der Waals surface area contributed by atoms with E-state index >= 15 is 0 Å². The van der Waals surface area contributed by atoms with Crippen LogP contribution >= 0.6 is 0 Å². The number of anilines is 1. The molecule has 0 saturated heterocycles. The van der Waals surface area contributed by atoms with E-state index in [2.05, 4.69) is 5.32 Å². The summed E-state index contributed by atoms with van der Waals surface area (Å²) in [5.41, 5.74) is 1.71. The van der Waals surface area contributed by atoms with Gasteiger partial charge in [-0.1, -0.05) is 24.3 Å². The second-order valence-corrected chi connectivity index (χ2v) is 4.95. The van der Waals surface area contributed by atoms with Gasteiger partial charge < -0.3 is 15.0 Å². The zero-order chi connectivity index (χ0) is 15.2. The standard InChI is InChI=1S/C17H21FN2O/c1-19-16(13-7-6-8-14(11-13)21-3)12-20(2)17-10-5-4-9-15(17)18/h4-11,16,19H,12H2,1-3H3. The summed E-state index contributed by atoms with van der Waals surface area (Å²) in [6.45, 7) is 0.657. The topological polar surface area (TPSA) is 24.5 Å². The normalized spacial score (nSPS) is 12.0. The first-order valence-corrected chi connectivity index (χ1v) is 6.92. The fourth-order valence-electron chi connectivity index (χ4n) is 2.36. The van der Waals surface area contributed by atoms with Crippen molar-refractivity contribution in [3.63, 3.8) is 0 Å². The van der Waals surface area contributed by atoms with Crippen molar-refractivity contribution in [1.29, 1.82) is 0 Å². The van der Waals surface area contributed by atoms with Crippen LogP contribution in [0.4, 0.5) is 10.1 Å². The summed E-state index contributed by atoms with van der Waals surface area (Å²) in [5, 5.41) is 3.27. The smallest absolute Gasteiger partial charge is 0.146 e. The number of nitrogens with one attached hydrogen (secondary N) is 1. The molecule has 0 aliphatic carbocycles. The van der Waals surface area contributed by atoms with Crippen molar-refractivity contribution in [2.75, 3.05) is 32.6 Å². The fraction of sp³-hybridized carbons (Fsp3) is 0.294. The molecule has 0 radical (unpaired) electrons. The highest BCUT2D eigenvalue weighted by Crippen LogP contribution is 2.23. The van der Waals surface area contributed by atoms with Gasteiger partial charge in [0, 0.05) is 19.6 Å². The van der Waals surface area contributed by atoms with Gasteiger partial charge in [-0.2, -0.15) is 0 Å². The third-order valence-corrected chi connectivity index (χ3v) is 3.56. The van der Waals surface area contributed by atoms with E-state index in [1.807, 2.05) is 49.3 Å². The van der Waals surface area contributed by atoms with Crippen molar-refractivity contribution >= 4 is 5.69 Å². The molecule has 4 heteroatoms. The van der Waals surface area contributed by atoms with Crippen LogP contribution in [0.25, 0.3) is 0 Å². The molecule has 0 aliphatic heterocycles. The number of rotatable bonds is 6. The quantitative estimate of drug-likeness (QED) is 0.883. The molecule has 0 amide bonds. The van der Waals surface area contributed by atoms with Crippen molar-refractivity contribution in [1.82, 2.24) is 5.32 Å². The number of benzene rings is 2. The molecule has 0 bridgehead atoms. The molecular formula is C17H21FN2O. The first-order valence-electron chi connectivity index (χ1n) is 6.92. The van der Waals surface area contributed by atoms with Crippen LogP contribution in [0.3, 0.4) is 0 Å². The molecule has 1 N–H and O–H groups in total. The Labute approximate surface area is 125 Å². The highest BCUT2D eigenvalue weighted by Gasteiger charge is 2.15. The maximum absolute atomic E-state index is 13.8. The molecule has 2 aromatic rings. The Balaban J connectivity index is 2.17. The van der Waals surface area contributed by atoms with Gasteiger partial charge in [0.15, 0.2) is 0 Å². The number of ether oxygens (including phenoxy) is 1. The van der Waals surface area contributed by atoms with E-state index in [1.165, 1.54) is 6.07 Å². The SMILES string of the molecule is CNC(CN(C)c1ccccc1F)c1cccc(OC)c1. The van der Waals surface area contributed by atoms with Crippen molar-refractivity contribution in [2.24, 2.45) is 0 Å². The van der Waals surface area contributed by atoms with Crippen LogP contribution in [-0.4, -0.2) is 27.7 Å². The van der Waals surface area contributed by atoms with Gasteiger partial charge >= 0.3 is 0 Å². The summed E-state index contributed by atoms with van der Waals surface area (Å²) < 4.78 is 19.1. The third-order valence-electron chi connectivity index (χ3n) is 3.56. The Hall–Kier alpha value is -2.07. The van der Waals surface area contributed by atoms with E-state index < -0.39 is 0 Å². The van der Waals surface area contributed by atoms with Crippen LogP contribution in [0.2, 0.25) is 0 Å². The Kier molecular flexibility index (Phi) is 5.17. The van der Waals surface area contributed by atoms with Crippen LogP contribution in [0, 0.1) is 5.82 Å². The summed E-state index contributed by atoms with van der Waals surface area (Å²) in [6.07, 6.45) is 0. The van der Waals surface area contributed by atoms with Crippen LogP contribution in [0.15, 0.2) is 48.5 Å². The number of halogens is 1. The van der Waals surface area contributed by atoms with Gasteiger partial charge in [-0.3, -0.25) is 0 Å². The lowest BCUT2D eigenvalue weighted by atomic mass is 10.1. The molecule has 0 aliphatic rings. The molecule has 0 heterocycles. The highest BCUT2D eigenvalue weighted by molar-refractivity contribution is 5.47. The average molecular weight is 288 g/mol. The number of hydrogen-bond donors (Lipinski definition) is 1. The molecule has 0 saturated carbocycles. The van der Waals surface area contributed by atoms with Gasteiger partial charge in [-0.15, -0.1) is 0 Å². The number of likely N-dealkylation sites (N-methyl/N-ethyl adjacent to an activating group) is 2. The molecule has 3 nitrogen and oxygen atoms in total. The molecule has 0 aromatic heterocycles. The lowest BCUT2D eigenvalue weighted by Gasteiger charge is -2.26. The van der Waals surface area contributed by atoms with Crippen molar-refractivity contribution in [3.8, 4) is 5.75 Å². The monoisotopic (exact) mass is 288 g/mol. The zero-order valence-electron chi connectivity index (χ0n) is 12.6. The molecule has 1 unspecified atom stereocenters.